The molecule has 0 aliphatic heterocycles. The molecule has 1 aromatic rings. The number of likely N-dealkylation sites (N-methyl/N-ethyl adjacent to an activating group) is 1. The number of nitrogens with one attached hydrogen (secondary N) is 1. The van der Waals surface area contributed by atoms with Crippen molar-refractivity contribution in [2.24, 2.45) is 5.92 Å². The van der Waals surface area contributed by atoms with E-state index < -0.39 is 5.54 Å². The van der Waals surface area contributed by atoms with Crippen LogP contribution in [-0.2, 0) is 9.53 Å². The van der Waals surface area contributed by atoms with E-state index in [9.17, 15) is 4.79 Å². The molecule has 1 N–H and O–H groups in total. The molecule has 1 aromatic carbocycles. The van der Waals surface area contributed by atoms with E-state index >= 15 is 0 Å². The number of carbonyl (C=O) groups excluding carboxylic acids is 1. The van der Waals surface area contributed by atoms with E-state index in [-0.39, 0.29) is 5.97 Å². The van der Waals surface area contributed by atoms with Crippen molar-refractivity contribution in [1.29, 1.82) is 0 Å². The molecule has 0 radical (unpaired) electrons. The number of ether oxygens (including phenoxy) is 1. The summed E-state index contributed by atoms with van der Waals surface area (Å²) in [5.41, 5.74) is -0.597. The molecule has 0 spiro atoms. The second kappa shape index (κ2) is 6.83. The third-order valence-electron chi connectivity index (χ3n) is 3.65. The van der Waals surface area contributed by atoms with Crippen LogP contribution in [-0.4, -0.2) is 30.9 Å². The van der Waals surface area contributed by atoms with E-state index in [0.717, 1.165) is 22.8 Å². The number of esters is 1. The molecule has 1 fully saturated rings. The summed E-state index contributed by atoms with van der Waals surface area (Å²) in [6.45, 7) is 2.25. The zero-order valence-electron chi connectivity index (χ0n) is 11.8. The summed E-state index contributed by atoms with van der Waals surface area (Å²) in [5, 5.41) is 3.94. The zero-order chi connectivity index (χ0) is 14.6. The largest absolute Gasteiger partial charge is 0.465 e. The van der Waals surface area contributed by atoms with Gasteiger partial charge in [0.15, 0.2) is 0 Å². The average Bonchev–Trinajstić information content (AvgIpc) is 3.27. The SMILES string of the molecule is CCOC(=O)C(CSc1ccccc1Cl)(NC)C1CC1. The smallest absolute Gasteiger partial charge is 0.327 e. The maximum absolute atomic E-state index is 12.4. The highest BCUT2D eigenvalue weighted by atomic mass is 35.5. The lowest BCUT2D eigenvalue weighted by Gasteiger charge is -2.31. The molecule has 0 saturated heterocycles. The summed E-state index contributed by atoms with van der Waals surface area (Å²) in [6, 6.07) is 7.71. The zero-order valence-corrected chi connectivity index (χ0v) is 13.4. The lowest BCUT2D eigenvalue weighted by molar-refractivity contribution is -0.150. The Hall–Kier alpha value is -0.710. The molecule has 0 bridgehead atoms. The van der Waals surface area contributed by atoms with Crippen molar-refractivity contribution < 1.29 is 9.53 Å². The lowest BCUT2D eigenvalue weighted by atomic mass is 9.96. The van der Waals surface area contributed by atoms with Gasteiger partial charge >= 0.3 is 5.97 Å². The van der Waals surface area contributed by atoms with Crippen molar-refractivity contribution in [3.05, 3.63) is 29.3 Å². The van der Waals surface area contributed by atoms with Gasteiger partial charge in [-0.25, -0.2) is 0 Å². The first-order valence-electron chi connectivity index (χ1n) is 6.87. The number of carbonyl (C=O) groups is 1. The highest BCUT2D eigenvalue weighted by Gasteiger charge is 2.51. The molecule has 1 atom stereocenters. The standard InChI is InChI=1S/C15H20ClNO2S/c1-3-19-14(18)15(17-2,11-8-9-11)10-20-13-7-5-4-6-12(13)16/h4-7,11,17H,3,8-10H2,1-2H3. The quantitative estimate of drug-likeness (QED) is 0.619. The number of hydrogen-bond acceptors (Lipinski definition) is 4. The van der Waals surface area contributed by atoms with Gasteiger partial charge in [0.2, 0.25) is 0 Å². The van der Waals surface area contributed by atoms with Crippen LogP contribution in [0.3, 0.4) is 0 Å². The number of hydrogen-bond donors (Lipinski definition) is 1. The van der Waals surface area contributed by atoms with Crippen molar-refractivity contribution in [2.45, 2.75) is 30.2 Å². The van der Waals surface area contributed by atoms with Crippen LogP contribution in [0.4, 0.5) is 0 Å². The first-order valence-corrected chi connectivity index (χ1v) is 8.24. The fraction of sp³-hybridized carbons (Fsp3) is 0.533. The Balaban J connectivity index is 2.12. The Morgan fingerprint density at radius 3 is 2.75 bits per heavy atom. The Morgan fingerprint density at radius 1 is 1.50 bits per heavy atom. The molecule has 1 aliphatic carbocycles. The van der Waals surface area contributed by atoms with E-state index in [1.54, 1.807) is 11.8 Å². The number of thioether (sulfide) groups is 1. The van der Waals surface area contributed by atoms with Crippen LogP contribution in [0.2, 0.25) is 5.02 Å². The fourth-order valence-electron chi connectivity index (χ4n) is 2.31. The van der Waals surface area contributed by atoms with Crippen molar-refractivity contribution in [1.82, 2.24) is 5.32 Å². The van der Waals surface area contributed by atoms with Crippen LogP contribution in [0.15, 0.2) is 29.2 Å². The minimum absolute atomic E-state index is 0.149. The highest BCUT2D eigenvalue weighted by Crippen LogP contribution is 2.43. The molecule has 0 aromatic heterocycles. The molecule has 20 heavy (non-hydrogen) atoms. The highest BCUT2D eigenvalue weighted by molar-refractivity contribution is 7.99. The van der Waals surface area contributed by atoms with Crippen molar-refractivity contribution in [3.8, 4) is 0 Å². The second-order valence-corrected chi connectivity index (χ2v) is 6.36. The van der Waals surface area contributed by atoms with Crippen LogP contribution in [0.5, 0.6) is 0 Å². The van der Waals surface area contributed by atoms with Gasteiger partial charge in [-0.3, -0.25) is 4.79 Å². The average molecular weight is 314 g/mol. The van der Waals surface area contributed by atoms with Crippen LogP contribution in [0.25, 0.3) is 0 Å². The summed E-state index contributed by atoms with van der Waals surface area (Å²) in [5.74, 6) is 0.850. The summed E-state index contributed by atoms with van der Waals surface area (Å²) in [7, 11) is 1.84. The monoisotopic (exact) mass is 313 g/mol. The summed E-state index contributed by atoms with van der Waals surface area (Å²) in [6.07, 6.45) is 2.14. The van der Waals surface area contributed by atoms with Gasteiger partial charge in [-0.15, -0.1) is 11.8 Å². The molecule has 0 heterocycles. The minimum atomic E-state index is -0.597. The predicted molar refractivity (Wildman–Crippen MR) is 83.3 cm³/mol. The minimum Gasteiger partial charge on any atom is -0.465 e. The molecule has 1 saturated carbocycles. The molecule has 2 rings (SSSR count). The van der Waals surface area contributed by atoms with Gasteiger partial charge in [0.1, 0.15) is 5.54 Å². The Morgan fingerprint density at radius 2 is 2.20 bits per heavy atom. The first-order chi connectivity index (χ1) is 9.64. The van der Waals surface area contributed by atoms with Gasteiger partial charge in [0, 0.05) is 10.6 Å². The predicted octanol–water partition coefficient (Wildman–Crippen LogP) is 3.36. The molecule has 5 heteroatoms. The topological polar surface area (TPSA) is 38.3 Å². The van der Waals surface area contributed by atoms with Crippen LogP contribution in [0, 0.1) is 5.92 Å². The molecular weight excluding hydrogens is 294 g/mol. The van der Waals surface area contributed by atoms with Gasteiger partial charge in [0.25, 0.3) is 0 Å². The van der Waals surface area contributed by atoms with Gasteiger partial charge in [-0.2, -0.15) is 0 Å². The Labute approximate surface area is 129 Å². The van der Waals surface area contributed by atoms with E-state index in [4.69, 9.17) is 16.3 Å². The molecule has 1 unspecified atom stereocenters. The van der Waals surface area contributed by atoms with Gasteiger partial charge in [-0.05, 0) is 44.9 Å². The number of halogens is 1. The lowest BCUT2D eigenvalue weighted by Crippen LogP contribution is -2.55. The third kappa shape index (κ3) is 3.30. The number of benzene rings is 1. The molecule has 110 valence electrons. The van der Waals surface area contributed by atoms with Crippen LogP contribution in [0.1, 0.15) is 19.8 Å². The van der Waals surface area contributed by atoms with Crippen LogP contribution < -0.4 is 5.32 Å². The normalized spacial score (nSPS) is 17.6. The van der Waals surface area contributed by atoms with Crippen LogP contribution >= 0.6 is 23.4 Å². The van der Waals surface area contributed by atoms with Crippen molar-refractivity contribution in [3.63, 3.8) is 0 Å². The van der Waals surface area contributed by atoms with Gasteiger partial charge in [0.05, 0.1) is 11.6 Å². The molecular formula is C15H20ClNO2S. The second-order valence-electron chi connectivity index (χ2n) is 4.94. The summed E-state index contributed by atoms with van der Waals surface area (Å²) < 4.78 is 5.27. The van der Waals surface area contributed by atoms with E-state index in [1.807, 2.05) is 38.2 Å². The van der Waals surface area contributed by atoms with Crippen molar-refractivity contribution >= 4 is 29.3 Å². The first kappa shape index (κ1) is 15.7. The maximum atomic E-state index is 12.4. The van der Waals surface area contributed by atoms with Gasteiger partial charge < -0.3 is 10.1 Å². The molecule has 3 nitrogen and oxygen atoms in total. The Bertz CT molecular complexity index is 479. The van der Waals surface area contributed by atoms with E-state index in [2.05, 4.69) is 5.32 Å². The maximum Gasteiger partial charge on any atom is 0.327 e. The fourth-order valence-corrected chi connectivity index (χ4v) is 3.87. The number of rotatable bonds is 7. The summed E-state index contributed by atoms with van der Waals surface area (Å²) >= 11 is 7.78. The van der Waals surface area contributed by atoms with Crippen molar-refractivity contribution in [2.75, 3.05) is 19.4 Å². The summed E-state index contributed by atoms with van der Waals surface area (Å²) in [4.78, 5) is 13.4. The van der Waals surface area contributed by atoms with E-state index in [0.29, 0.717) is 18.3 Å². The molecule has 0 amide bonds. The third-order valence-corrected chi connectivity index (χ3v) is 5.36. The Kier molecular flexibility index (Phi) is 5.35. The van der Waals surface area contributed by atoms with Gasteiger partial charge in [-0.1, -0.05) is 23.7 Å². The van der Waals surface area contributed by atoms with E-state index in [1.165, 1.54) is 0 Å². The molecule has 1 aliphatic rings.